The number of carbonyl (C=O) groups is 1. The van der Waals surface area contributed by atoms with Crippen molar-refractivity contribution in [3.63, 3.8) is 0 Å². The fourth-order valence-electron chi connectivity index (χ4n) is 2.96. The molecule has 2 aliphatic rings. The standard InChI is InChI=1S/C19H24O4/c1-3-4-11-22-19-17(18(20)21-2)15(13-9-10-13)12-14-7-5-6-8-16(14)23-19/h5-8,12-13,17,19H,3-4,9-11H2,1-2H3/t17-,19+/m1/s1. The van der Waals surface area contributed by atoms with E-state index in [4.69, 9.17) is 14.2 Å². The van der Waals surface area contributed by atoms with Crippen LogP contribution >= 0.6 is 0 Å². The van der Waals surface area contributed by atoms with E-state index < -0.39 is 12.2 Å². The zero-order chi connectivity index (χ0) is 16.2. The molecule has 4 heteroatoms. The molecule has 1 aliphatic heterocycles. The zero-order valence-corrected chi connectivity index (χ0v) is 13.8. The highest BCUT2D eigenvalue weighted by Gasteiger charge is 2.43. The third-order valence-electron chi connectivity index (χ3n) is 4.40. The Morgan fingerprint density at radius 3 is 2.78 bits per heavy atom. The largest absolute Gasteiger partial charge is 0.468 e. The van der Waals surface area contributed by atoms with Gasteiger partial charge < -0.3 is 14.2 Å². The van der Waals surface area contributed by atoms with Crippen LogP contribution in [0, 0.1) is 11.8 Å². The first-order valence-electron chi connectivity index (χ1n) is 8.41. The Morgan fingerprint density at radius 1 is 1.30 bits per heavy atom. The molecule has 23 heavy (non-hydrogen) atoms. The number of hydrogen-bond acceptors (Lipinski definition) is 4. The molecule has 1 aromatic carbocycles. The van der Waals surface area contributed by atoms with Gasteiger partial charge in [-0.2, -0.15) is 0 Å². The second-order valence-electron chi connectivity index (χ2n) is 6.17. The summed E-state index contributed by atoms with van der Waals surface area (Å²) < 4.78 is 17.1. The Hall–Kier alpha value is -1.81. The lowest BCUT2D eigenvalue weighted by Gasteiger charge is -2.26. The van der Waals surface area contributed by atoms with Gasteiger partial charge in [0.15, 0.2) is 0 Å². The second-order valence-corrected chi connectivity index (χ2v) is 6.17. The number of methoxy groups -OCH3 is 1. The number of benzene rings is 1. The molecular formula is C19H24O4. The number of rotatable bonds is 6. The van der Waals surface area contributed by atoms with Crippen LogP contribution in [0.15, 0.2) is 29.8 Å². The van der Waals surface area contributed by atoms with Gasteiger partial charge in [-0.3, -0.25) is 4.79 Å². The predicted octanol–water partition coefficient (Wildman–Crippen LogP) is 3.80. The molecule has 0 aromatic heterocycles. The maximum atomic E-state index is 12.4. The molecule has 0 spiro atoms. The Morgan fingerprint density at radius 2 is 2.09 bits per heavy atom. The Bertz CT molecular complexity index is 589. The molecule has 0 saturated heterocycles. The van der Waals surface area contributed by atoms with Crippen molar-refractivity contribution in [3.05, 3.63) is 35.4 Å². The predicted molar refractivity (Wildman–Crippen MR) is 87.9 cm³/mol. The molecule has 0 bridgehead atoms. The summed E-state index contributed by atoms with van der Waals surface area (Å²) in [6.45, 7) is 2.69. The summed E-state index contributed by atoms with van der Waals surface area (Å²) in [5.74, 6) is 0.430. The zero-order valence-electron chi connectivity index (χ0n) is 13.8. The van der Waals surface area contributed by atoms with Gasteiger partial charge in [0.2, 0.25) is 6.29 Å². The number of unbranched alkanes of at least 4 members (excludes halogenated alkanes) is 1. The van der Waals surface area contributed by atoms with Crippen molar-refractivity contribution >= 4 is 12.0 Å². The first-order chi connectivity index (χ1) is 11.2. The van der Waals surface area contributed by atoms with E-state index in [1.807, 2.05) is 24.3 Å². The van der Waals surface area contributed by atoms with Gasteiger partial charge in [0, 0.05) is 5.56 Å². The number of carbonyl (C=O) groups excluding carboxylic acids is 1. The van der Waals surface area contributed by atoms with Gasteiger partial charge in [-0.1, -0.05) is 37.6 Å². The molecule has 0 amide bonds. The van der Waals surface area contributed by atoms with Crippen LogP contribution in [-0.4, -0.2) is 26.0 Å². The molecule has 1 heterocycles. The first kappa shape index (κ1) is 16.1. The van der Waals surface area contributed by atoms with Crippen molar-refractivity contribution in [2.75, 3.05) is 13.7 Å². The van der Waals surface area contributed by atoms with E-state index >= 15 is 0 Å². The van der Waals surface area contributed by atoms with Crippen LogP contribution in [0.4, 0.5) is 0 Å². The molecule has 1 saturated carbocycles. The monoisotopic (exact) mass is 316 g/mol. The van der Waals surface area contributed by atoms with E-state index in [1.54, 1.807) is 0 Å². The Balaban J connectivity index is 1.95. The maximum Gasteiger partial charge on any atom is 0.319 e. The summed E-state index contributed by atoms with van der Waals surface area (Å²) in [7, 11) is 1.42. The average molecular weight is 316 g/mol. The van der Waals surface area contributed by atoms with Crippen molar-refractivity contribution in [3.8, 4) is 5.75 Å². The normalized spacial score (nSPS) is 23.3. The summed E-state index contributed by atoms with van der Waals surface area (Å²) in [6.07, 6.45) is 5.68. The third kappa shape index (κ3) is 3.58. The van der Waals surface area contributed by atoms with Gasteiger partial charge in [-0.25, -0.2) is 0 Å². The van der Waals surface area contributed by atoms with Gasteiger partial charge in [-0.15, -0.1) is 0 Å². The molecule has 3 rings (SSSR count). The van der Waals surface area contributed by atoms with Crippen LogP contribution in [-0.2, 0) is 14.3 Å². The van der Waals surface area contributed by atoms with Crippen LogP contribution in [0.1, 0.15) is 38.2 Å². The summed E-state index contributed by atoms with van der Waals surface area (Å²) >= 11 is 0. The minimum atomic E-state index is -0.621. The summed E-state index contributed by atoms with van der Waals surface area (Å²) in [6, 6.07) is 7.85. The highest BCUT2D eigenvalue weighted by atomic mass is 16.7. The second kappa shape index (κ2) is 7.18. The number of esters is 1. The van der Waals surface area contributed by atoms with Crippen molar-refractivity contribution in [2.45, 2.75) is 38.9 Å². The van der Waals surface area contributed by atoms with Crippen molar-refractivity contribution < 1.29 is 19.0 Å². The molecule has 1 aromatic rings. The average Bonchev–Trinajstić information content (AvgIpc) is 3.40. The van der Waals surface area contributed by atoms with Crippen molar-refractivity contribution in [2.24, 2.45) is 11.8 Å². The van der Waals surface area contributed by atoms with Gasteiger partial charge in [0.05, 0.1) is 13.7 Å². The van der Waals surface area contributed by atoms with E-state index in [0.717, 1.165) is 42.6 Å². The van der Waals surface area contributed by atoms with Crippen LogP contribution in [0.3, 0.4) is 0 Å². The molecule has 2 atom stereocenters. The smallest absolute Gasteiger partial charge is 0.319 e. The minimum Gasteiger partial charge on any atom is -0.468 e. The van der Waals surface area contributed by atoms with Gasteiger partial charge in [-0.05, 0) is 36.8 Å². The topological polar surface area (TPSA) is 44.8 Å². The van der Waals surface area contributed by atoms with E-state index in [0.29, 0.717) is 12.5 Å². The van der Waals surface area contributed by atoms with Crippen molar-refractivity contribution in [1.29, 1.82) is 0 Å². The summed E-state index contributed by atoms with van der Waals surface area (Å²) in [4.78, 5) is 12.4. The van der Waals surface area contributed by atoms with Gasteiger partial charge in [0.1, 0.15) is 11.7 Å². The number of para-hydroxylation sites is 1. The SMILES string of the molecule is CCCCO[C@H]1Oc2ccccc2C=C(C2CC2)[C@@H]1C(=O)OC. The van der Waals surface area contributed by atoms with E-state index in [-0.39, 0.29) is 5.97 Å². The molecule has 4 nitrogen and oxygen atoms in total. The minimum absolute atomic E-state index is 0.280. The molecule has 1 aliphatic carbocycles. The van der Waals surface area contributed by atoms with Crippen LogP contribution in [0.25, 0.3) is 6.08 Å². The summed E-state index contributed by atoms with van der Waals surface area (Å²) in [5, 5.41) is 0. The van der Waals surface area contributed by atoms with Crippen molar-refractivity contribution in [1.82, 2.24) is 0 Å². The molecular weight excluding hydrogens is 292 g/mol. The summed E-state index contributed by atoms with van der Waals surface area (Å²) in [5.41, 5.74) is 2.09. The highest BCUT2D eigenvalue weighted by molar-refractivity contribution is 5.80. The fraction of sp³-hybridized carbons (Fsp3) is 0.526. The number of fused-ring (bicyclic) bond motifs is 1. The maximum absolute atomic E-state index is 12.4. The van der Waals surface area contributed by atoms with Crippen LogP contribution in [0.5, 0.6) is 5.75 Å². The number of ether oxygens (including phenoxy) is 3. The Labute approximate surface area is 137 Å². The molecule has 0 unspecified atom stereocenters. The van der Waals surface area contributed by atoms with E-state index in [2.05, 4.69) is 13.0 Å². The van der Waals surface area contributed by atoms with E-state index in [1.165, 1.54) is 7.11 Å². The molecule has 0 radical (unpaired) electrons. The Kier molecular flexibility index (Phi) is 5.01. The molecule has 124 valence electrons. The highest BCUT2D eigenvalue weighted by Crippen LogP contribution is 2.45. The first-order valence-corrected chi connectivity index (χ1v) is 8.41. The lowest BCUT2D eigenvalue weighted by Crippen LogP contribution is -2.37. The lowest BCUT2D eigenvalue weighted by atomic mass is 9.92. The van der Waals surface area contributed by atoms with Gasteiger partial charge >= 0.3 is 5.97 Å². The molecule has 0 N–H and O–H groups in total. The van der Waals surface area contributed by atoms with Gasteiger partial charge in [0.25, 0.3) is 0 Å². The van der Waals surface area contributed by atoms with Crippen LogP contribution < -0.4 is 4.74 Å². The third-order valence-corrected chi connectivity index (χ3v) is 4.40. The molecule has 1 fully saturated rings. The number of hydrogen-bond donors (Lipinski definition) is 0. The van der Waals surface area contributed by atoms with E-state index in [9.17, 15) is 4.79 Å². The fourth-order valence-corrected chi connectivity index (χ4v) is 2.96. The van der Waals surface area contributed by atoms with Crippen LogP contribution in [0.2, 0.25) is 0 Å². The lowest BCUT2D eigenvalue weighted by molar-refractivity contribution is -0.163. The quantitative estimate of drug-likeness (QED) is 0.591.